The van der Waals surface area contributed by atoms with E-state index >= 15 is 0 Å². The van der Waals surface area contributed by atoms with Gasteiger partial charge in [-0.3, -0.25) is 9.78 Å². The molecule has 2 heterocycles. The predicted octanol–water partition coefficient (Wildman–Crippen LogP) is 3.20. The second kappa shape index (κ2) is 6.32. The lowest BCUT2D eigenvalue weighted by atomic mass is 10.1. The van der Waals surface area contributed by atoms with Gasteiger partial charge in [0.05, 0.1) is 0 Å². The van der Waals surface area contributed by atoms with E-state index in [0.29, 0.717) is 0 Å². The number of benzene rings is 2. The van der Waals surface area contributed by atoms with E-state index in [1.54, 1.807) is 12.4 Å². The maximum absolute atomic E-state index is 12.9. The number of nitrogens with zero attached hydrogens (tertiary/aromatic N) is 3. The average molecular weight is 317 g/mol. The van der Waals surface area contributed by atoms with Crippen molar-refractivity contribution in [2.75, 3.05) is 31.1 Å². The molecule has 4 nitrogen and oxygen atoms in total. The van der Waals surface area contributed by atoms with Crippen molar-refractivity contribution >= 4 is 22.4 Å². The molecule has 1 aromatic heterocycles. The van der Waals surface area contributed by atoms with Crippen LogP contribution in [0.25, 0.3) is 10.8 Å². The lowest BCUT2D eigenvalue weighted by molar-refractivity contribution is 0.0749. The molecule has 0 aliphatic carbocycles. The average Bonchev–Trinajstić information content (AvgIpc) is 2.68. The van der Waals surface area contributed by atoms with Crippen LogP contribution in [0, 0.1) is 0 Å². The number of fused-ring (bicyclic) bond motifs is 1. The molecule has 0 spiro atoms. The Morgan fingerprint density at radius 2 is 1.67 bits per heavy atom. The molecule has 0 atom stereocenters. The molecule has 0 bridgehead atoms. The van der Waals surface area contributed by atoms with E-state index in [9.17, 15) is 4.79 Å². The molecule has 3 aromatic rings. The SMILES string of the molecule is O=C(c1cccc2cnccc12)N1CCN(c2ccccc2)CC1. The lowest BCUT2D eigenvalue weighted by Gasteiger charge is -2.36. The third-order valence-electron chi connectivity index (χ3n) is 4.60. The third kappa shape index (κ3) is 2.71. The maximum atomic E-state index is 12.9. The minimum absolute atomic E-state index is 0.111. The second-order valence-electron chi connectivity index (χ2n) is 6.02. The summed E-state index contributed by atoms with van der Waals surface area (Å²) in [5.41, 5.74) is 1.99. The summed E-state index contributed by atoms with van der Waals surface area (Å²) >= 11 is 0. The quantitative estimate of drug-likeness (QED) is 0.728. The first kappa shape index (κ1) is 14.7. The number of hydrogen-bond donors (Lipinski definition) is 0. The van der Waals surface area contributed by atoms with Crippen LogP contribution < -0.4 is 4.90 Å². The first-order chi connectivity index (χ1) is 11.8. The summed E-state index contributed by atoms with van der Waals surface area (Å²) in [6, 6.07) is 18.1. The minimum atomic E-state index is 0.111. The number of rotatable bonds is 2. The Hall–Kier alpha value is -2.88. The molecule has 1 fully saturated rings. The lowest BCUT2D eigenvalue weighted by Crippen LogP contribution is -2.48. The van der Waals surface area contributed by atoms with E-state index < -0.39 is 0 Å². The predicted molar refractivity (Wildman–Crippen MR) is 96.3 cm³/mol. The summed E-state index contributed by atoms with van der Waals surface area (Å²) in [6.45, 7) is 3.22. The number of aromatic nitrogens is 1. The summed E-state index contributed by atoms with van der Waals surface area (Å²) in [5, 5.41) is 1.98. The molecule has 1 aliphatic heterocycles. The van der Waals surface area contributed by atoms with E-state index in [1.807, 2.05) is 35.2 Å². The van der Waals surface area contributed by atoms with Gasteiger partial charge in [-0.2, -0.15) is 0 Å². The van der Waals surface area contributed by atoms with E-state index in [-0.39, 0.29) is 5.91 Å². The van der Waals surface area contributed by atoms with Crippen molar-refractivity contribution in [3.63, 3.8) is 0 Å². The number of hydrogen-bond acceptors (Lipinski definition) is 3. The topological polar surface area (TPSA) is 36.4 Å². The van der Waals surface area contributed by atoms with E-state index in [0.717, 1.165) is 42.5 Å². The van der Waals surface area contributed by atoms with Gasteiger partial charge in [0.2, 0.25) is 0 Å². The van der Waals surface area contributed by atoms with Crippen molar-refractivity contribution in [2.45, 2.75) is 0 Å². The van der Waals surface area contributed by atoms with Gasteiger partial charge in [0, 0.05) is 55.2 Å². The fourth-order valence-corrected chi connectivity index (χ4v) is 3.29. The van der Waals surface area contributed by atoms with E-state index in [2.05, 4.69) is 34.1 Å². The fraction of sp³-hybridized carbons (Fsp3) is 0.200. The smallest absolute Gasteiger partial charge is 0.254 e. The second-order valence-corrected chi connectivity index (χ2v) is 6.02. The summed E-state index contributed by atoms with van der Waals surface area (Å²) in [7, 11) is 0. The first-order valence-electron chi connectivity index (χ1n) is 8.25. The molecule has 120 valence electrons. The standard InChI is InChI=1S/C20H19N3O/c24-20(19-8-4-5-16-15-21-10-9-18(16)19)23-13-11-22(12-14-23)17-6-2-1-3-7-17/h1-10,15H,11-14H2. The van der Waals surface area contributed by atoms with Crippen LogP contribution in [0.15, 0.2) is 67.0 Å². The molecule has 0 unspecified atom stereocenters. The molecule has 0 N–H and O–H groups in total. The normalized spacial score (nSPS) is 14.8. The van der Waals surface area contributed by atoms with Gasteiger partial charge in [0.25, 0.3) is 5.91 Å². The fourth-order valence-electron chi connectivity index (χ4n) is 3.29. The van der Waals surface area contributed by atoms with Crippen molar-refractivity contribution in [2.24, 2.45) is 0 Å². The maximum Gasteiger partial charge on any atom is 0.254 e. The van der Waals surface area contributed by atoms with Crippen LogP contribution in [0.4, 0.5) is 5.69 Å². The molecular weight excluding hydrogens is 298 g/mol. The summed E-state index contributed by atoms with van der Waals surface area (Å²) in [6.07, 6.45) is 3.55. The Bertz CT molecular complexity index is 850. The summed E-state index contributed by atoms with van der Waals surface area (Å²) < 4.78 is 0. The number of pyridine rings is 1. The van der Waals surface area contributed by atoms with Gasteiger partial charge in [-0.05, 0) is 29.7 Å². The van der Waals surface area contributed by atoms with Gasteiger partial charge in [0.15, 0.2) is 0 Å². The molecule has 0 saturated carbocycles. The van der Waals surface area contributed by atoms with Crippen molar-refractivity contribution < 1.29 is 4.79 Å². The highest BCUT2D eigenvalue weighted by atomic mass is 16.2. The molecule has 0 radical (unpaired) electrons. The first-order valence-corrected chi connectivity index (χ1v) is 8.25. The largest absolute Gasteiger partial charge is 0.368 e. The number of anilines is 1. The van der Waals surface area contributed by atoms with Crippen LogP contribution in [-0.2, 0) is 0 Å². The monoisotopic (exact) mass is 317 g/mol. The molecule has 1 amide bonds. The number of amides is 1. The van der Waals surface area contributed by atoms with Crippen molar-refractivity contribution in [3.8, 4) is 0 Å². The molecule has 24 heavy (non-hydrogen) atoms. The number of piperazine rings is 1. The Kier molecular flexibility index (Phi) is 3.87. The Morgan fingerprint density at radius 3 is 2.46 bits per heavy atom. The molecule has 4 rings (SSSR count). The van der Waals surface area contributed by atoms with Crippen molar-refractivity contribution in [1.29, 1.82) is 0 Å². The zero-order valence-electron chi connectivity index (χ0n) is 13.4. The highest BCUT2D eigenvalue weighted by molar-refractivity contribution is 6.06. The van der Waals surface area contributed by atoms with Crippen LogP contribution in [0.2, 0.25) is 0 Å². The number of para-hydroxylation sites is 1. The Morgan fingerprint density at radius 1 is 0.875 bits per heavy atom. The number of carbonyl (C=O) groups excluding carboxylic acids is 1. The van der Waals surface area contributed by atoms with Crippen molar-refractivity contribution in [3.05, 3.63) is 72.6 Å². The minimum Gasteiger partial charge on any atom is -0.368 e. The van der Waals surface area contributed by atoms with Crippen LogP contribution in [0.1, 0.15) is 10.4 Å². The zero-order valence-corrected chi connectivity index (χ0v) is 13.4. The van der Waals surface area contributed by atoms with Gasteiger partial charge >= 0.3 is 0 Å². The molecule has 2 aromatic carbocycles. The highest BCUT2D eigenvalue weighted by Gasteiger charge is 2.23. The molecule has 1 saturated heterocycles. The van der Waals surface area contributed by atoms with E-state index in [4.69, 9.17) is 0 Å². The van der Waals surface area contributed by atoms with Gasteiger partial charge in [-0.1, -0.05) is 30.3 Å². The number of carbonyl (C=O) groups is 1. The molecule has 1 aliphatic rings. The van der Waals surface area contributed by atoms with Crippen LogP contribution >= 0.6 is 0 Å². The Balaban J connectivity index is 1.52. The third-order valence-corrected chi connectivity index (χ3v) is 4.60. The zero-order chi connectivity index (χ0) is 16.4. The van der Waals surface area contributed by atoms with Gasteiger partial charge in [-0.15, -0.1) is 0 Å². The van der Waals surface area contributed by atoms with Gasteiger partial charge < -0.3 is 9.80 Å². The van der Waals surface area contributed by atoms with Crippen molar-refractivity contribution in [1.82, 2.24) is 9.88 Å². The van der Waals surface area contributed by atoms with Gasteiger partial charge in [0.1, 0.15) is 0 Å². The Labute approximate surface area is 141 Å². The summed E-state index contributed by atoms with van der Waals surface area (Å²) in [4.78, 5) is 21.4. The van der Waals surface area contributed by atoms with E-state index in [1.165, 1.54) is 5.69 Å². The van der Waals surface area contributed by atoms with Crippen LogP contribution in [0.3, 0.4) is 0 Å². The summed E-state index contributed by atoms with van der Waals surface area (Å²) in [5.74, 6) is 0.111. The highest BCUT2D eigenvalue weighted by Crippen LogP contribution is 2.21. The molecular formula is C20H19N3O. The van der Waals surface area contributed by atoms with Gasteiger partial charge in [-0.25, -0.2) is 0 Å². The van der Waals surface area contributed by atoms with Crippen LogP contribution in [-0.4, -0.2) is 42.0 Å². The van der Waals surface area contributed by atoms with Crippen LogP contribution in [0.5, 0.6) is 0 Å². The molecule has 4 heteroatoms.